The van der Waals surface area contributed by atoms with Gasteiger partial charge in [-0.25, -0.2) is 0 Å². The maximum absolute atomic E-state index is 12.8. The number of fused-ring (bicyclic) bond motifs is 3. The topological polar surface area (TPSA) is 52.6 Å². The summed E-state index contributed by atoms with van der Waals surface area (Å²) < 4.78 is 12.0. The van der Waals surface area contributed by atoms with E-state index in [4.69, 9.17) is 9.47 Å². The van der Waals surface area contributed by atoms with Gasteiger partial charge in [-0.2, -0.15) is 0 Å². The van der Waals surface area contributed by atoms with Crippen molar-refractivity contribution in [3.63, 3.8) is 0 Å². The van der Waals surface area contributed by atoms with Crippen LogP contribution in [0.15, 0.2) is 24.3 Å². The molecule has 0 bridgehead atoms. The van der Waals surface area contributed by atoms with Crippen molar-refractivity contribution >= 4 is 11.8 Å². The molecule has 3 aliphatic rings. The van der Waals surface area contributed by atoms with Gasteiger partial charge in [0, 0.05) is 12.3 Å². The van der Waals surface area contributed by atoms with E-state index in [0.717, 1.165) is 31.3 Å². The van der Waals surface area contributed by atoms with Crippen molar-refractivity contribution in [2.24, 2.45) is 16.7 Å². The number of ether oxygens (including phenoxy) is 2. The van der Waals surface area contributed by atoms with Gasteiger partial charge < -0.3 is 9.47 Å². The van der Waals surface area contributed by atoms with Crippen LogP contribution in [0, 0.1) is 16.7 Å². The Morgan fingerprint density at radius 3 is 2.46 bits per heavy atom. The fourth-order valence-corrected chi connectivity index (χ4v) is 5.96. The Bertz CT molecular complexity index is 690. The minimum atomic E-state index is -0.952. The molecule has 2 aliphatic carbocycles. The van der Waals surface area contributed by atoms with Crippen LogP contribution in [0.25, 0.3) is 0 Å². The van der Waals surface area contributed by atoms with E-state index in [0.29, 0.717) is 5.92 Å². The molecule has 0 aromatic rings. The fraction of sp³-hybridized carbons (Fsp3) is 0.727. The summed E-state index contributed by atoms with van der Waals surface area (Å²) in [5.41, 5.74) is -0.577. The molecule has 144 valence electrons. The Hall–Kier alpha value is -1.42. The first-order chi connectivity index (χ1) is 11.9. The zero-order valence-corrected chi connectivity index (χ0v) is 17.0. The SMILES string of the molecule is C=C[C@]1(C)O[C@@]2(C)CC[C@@H]3C(C)(C)[C@H](OC(C)=O)CC[C@@]3(C)C2=CC1=O. The van der Waals surface area contributed by atoms with Crippen molar-refractivity contribution in [2.75, 3.05) is 0 Å². The van der Waals surface area contributed by atoms with Crippen LogP contribution in [0.3, 0.4) is 0 Å². The second-order valence-corrected chi connectivity index (χ2v) is 9.53. The zero-order chi connectivity index (χ0) is 19.5. The van der Waals surface area contributed by atoms with Gasteiger partial charge in [0.25, 0.3) is 0 Å². The largest absolute Gasteiger partial charge is 0.462 e. The Labute approximate surface area is 157 Å². The predicted octanol–water partition coefficient (Wildman–Crippen LogP) is 4.38. The lowest BCUT2D eigenvalue weighted by molar-refractivity contribution is -0.186. The Balaban J connectivity index is 2.04. The normalized spacial score (nSPS) is 44.4. The smallest absolute Gasteiger partial charge is 0.302 e. The number of rotatable bonds is 2. The summed E-state index contributed by atoms with van der Waals surface area (Å²) in [7, 11) is 0. The lowest BCUT2D eigenvalue weighted by Gasteiger charge is -2.62. The van der Waals surface area contributed by atoms with E-state index in [1.165, 1.54) is 6.92 Å². The lowest BCUT2D eigenvalue weighted by atomic mass is 9.46. The highest BCUT2D eigenvalue weighted by molar-refractivity contribution is 6.00. The third kappa shape index (κ3) is 2.60. The van der Waals surface area contributed by atoms with Crippen LogP contribution in [0.4, 0.5) is 0 Å². The Kier molecular flexibility index (Phi) is 4.31. The van der Waals surface area contributed by atoms with E-state index in [2.05, 4.69) is 34.3 Å². The molecule has 0 aromatic heterocycles. The highest BCUT2D eigenvalue weighted by atomic mass is 16.5. The lowest BCUT2D eigenvalue weighted by Crippen LogP contribution is -2.61. The number of carbonyl (C=O) groups excluding carboxylic acids is 2. The van der Waals surface area contributed by atoms with Crippen molar-refractivity contribution in [1.82, 2.24) is 0 Å². The maximum Gasteiger partial charge on any atom is 0.302 e. The van der Waals surface area contributed by atoms with E-state index in [1.54, 1.807) is 13.0 Å². The third-order valence-corrected chi connectivity index (χ3v) is 7.42. The van der Waals surface area contributed by atoms with Gasteiger partial charge in [-0.05, 0) is 62.5 Å². The first-order valence-electron chi connectivity index (χ1n) is 9.67. The van der Waals surface area contributed by atoms with Crippen LogP contribution < -0.4 is 0 Å². The number of ketones is 1. The summed E-state index contributed by atoms with van der Waals surface area (Å²) in [6, 6.07) is 0. The molecule has 0 amide bonds. The molecule has 3 rings (SSSR count). The molecule has 1 heterocycles. The second-order valence-electron chi connectivity index (χ2n) is 9.53. The molecule has 0 aromatic carbocycles. The molecule has 4 nitrogen and oxygen atoms in total. The summed E-state index contributed by atoms with van der Waals surface area (Å²) in [5.74, 6) is 0.0862. The quantitative estimate of drug-likeness (QED) is 0.541. The summed E-state index contributed by atoms with van der Waals surface area (Å²) in [4.78, 5) is 24.3. The Morgan fingerprint density at radius 1 is 1.23 bits per heavy atom. The minimum absolute atomic E-state index is 0.0261. The molecule has 5 atom stereocenters. The zero-order valence-electron chi connectivity index (χ0n) is 17.0. The van der Waals surface area contributed by atoms with Gasteiger partial charge in [0.2, 0.25) is 0 Å². The molecule has 2 saturated carbocycles. The van der Waals surface area contributed by atoms with Crippen LogP contribution in [0.5, 0.6) is 0 Å². The van der Waals surface area contributed by atoms with E-state index in [9.17, 15) is 9.59 Å². The molecule has 26 heavy (non-hydrogen) atoms. The monoisotopic (exact) mass is 360 g/mol. The molecule has 0 N–H and O–H groups in total. The summed E-state index contributed by atoms with van der Waals surface area (Å²) in [6.07, 6.45) is 6.90. The number of hydrogen-bond acceptors (Lipinski definition) is 4. The van der Waals surface area contributed by atoms with Crippen LogP contribution in [0.1, 0.15) is 67.2 Å². The molecule has 4 heteroatoms. The number of carbonyl (C=O) groups is 2. The second kappa shape index (κ2) is 5.79. The first kappa shape index (κ1) is 19.3. The average Bonchev–Trinajstić information content (AvgIpc) is 2.52. The van der Waals surface area contributed by atoms with Crippen molar-refractivity contribution < 1.29 is 19.1 Å². The van der Waals surface area contributed by atoms with Crippen LogP contribution in [0.2, 0.25) is 0 Å². The van der Waals surface area contributed by atoms with Crippen molar-refractivity contribution in [2.45, 2.75) is 84.5 Å². The number of hydrogen-bond donors (Lipinski definition) is 0. The molecule has 0 unspecified atom stereocenters. The first-order valence-corrected chi connectivity index (χ1v) is 9.67. The average molecular weight is 360 g/mol. The Morgan fingerprint density at radius 2 is 1.88 bits per heavy atom. The van der Waals surface area contributed by atoms with Gasteiger partial charge in [0.15, 0.2) is 5.78 Å². The summed E-state index contributed by atoms with van der Waals surface area (Å²) in [5, 5.41) is 0. The molecule has 0 radical (unpaired) electrons. The number of esters is 1. The van der Waals surface area contributed by atoms with Gasteiger partial charge in [-0.15, -0.1) is 0 Å². The van der Waals surface area contributed by atoms with Gasteiger partial charge >= 0.3 is 5.97 Å². The fourth-order valence-electron chi connectivity index (χ4n) is 5.96. The van der Waals surface area contributed by atoms with E-state index in [1.807, 2.05) is 6.08 Å². The standard InChI is InChI=1S/C22H32O4/c1-8-21(6)17(24)13-16-20(5)11-10-18(25-14(2)23)19(3,4)15(20)9-12-22(16,7)26-21/h8,13,15,18H,1,9-12H2,2-7H3/t15-,18-,20-,21+,22+/m1/s1. The van der Waals surface area contributed by atoms with Gasteiger partial charge in [-0.3, -0.25) is 9.59 Å². The van der Waals surface area contributed by atoms with Gasteiger partial charge in [0.05, 0.1) is 5.60 Å². The van der Waals surface area contributed by atoms with Gasteiger partial charge in [0.1, 0.15) is 11.7 Å². The molecule has 1 aliphatic heterocycles. The van der Waals surface area contributed by atoms with E-state index >= 15 is 0 Å². The van der Waals surface area contributed by atoms with E-state index in [-0.39, 0.29) is 28.7 Å². The highest BCUT2D eigenvalue weighted by Gasteiger charge is 2.61. The van der Waals surface area contributed by atoms with Crippen molar-refractivity contribution in [3.05, 3.63) is 24.3 Å². The van der Waals surface area contributed by atoms with Crippen LogP contribution in [-0.4, -0.2) is 29.1 Å². The highest BCUT2D eigenvalue weighted by Crippen LogP contribution is 2.64. The van der Waals surface area contributed by atoms with Gasteiger partial charge in [-0.1, -0.05) is 33.4 Å². The molecule has 2 fully saturated rings. The van der Waals surface area contributed by atoms with Crippen LogP contribution in [-0.2, 0) is 19.1 Å². The minimum Gasteiger partial charge on any atom is -0.462 e. The maximum atomic E-state index is 12.8. The molecular weight excluding hydrogens is 328 g/mol. The van der Waals surface area contributed by atoms with Crippen LogP contribution >= 0.6 is 0 Å². The molecule has 0 spiro atoms. The van der Waals surface area contributed by atoms with Crippen molar-refractivity contribution in [3.8, 4) is 0 Å². The molecular formula is C22H32O4. The predicted molar refractivity (Wildman–Crippen MR) is 101 cm³/mol. The van der Waals surface area contributed by atoms with Crippen molar-refractivity contribution in [1.29, 1.82) is 0 Å². The summed E-state index contributed by atoms with van der Waals surface area (Å²) >= 11 is 0. The van der Waals surface area contributed by atoms with E-state index < -0.39 is 11.2 Å². The summed E-state index contributed by atoms with van der Waals surface area (Å²) in [6.45, 7) is 15.9. The molecule has 0 saturated heterocycles. The third-order valence-electron chi connectivity index (χ3n) is 7.42.